The van der Waals surface area contributed by atoms with Gasteiger partial charge >= 0.3 is 0 Å². The van der Waals surface area contributed by atoms with Crippen LogP contribution in [0.25, 0.3) is 0 Å². The first-order chi connectivity index (χ1) is 7.03. The van der Waals surface area contributed by atoms with Crippen LogP contribution in [0.1, 0.15) is 13.8 Å². The van der Waals surface area contributed by atoms with Crippen LogP contribution >= 0.6 is 0 Å². The van der Waals surface area contributed by atoms with Gasteiger partial charge in [-0.3, -0.25) is 4.90 Å². The lowest BCUT2D eigenvalue weighted by molar-refractivity contribution is 0.0369. The summed E-state index contributed by atoms with van der Waals surface area (Å²) in [4.78, 5) is 2.24. The highest BCUT2D eigenvalue weighted by atomic mass is 16.3. The van der Waals surface area contributed by atoms with E-state index in [2.05, 4.69) is 16.8 Å². The van der Waals surface area contributed by atoms with Crippen molar-refractivity contribution in [2.45, 2.75) is 19.4 Å². The van der Waals surface area contributed by atoms with Gasteiger partial charge in [-0.2, -0.15) is 0 Å². The van der Waals surface area contributed by atoms with Gasteiger partial charge in [0.25, 0.3) is 0 Å². The minimum absolute atomic E-state index is 0.632. The van der Waals surface area contributed by atoms with Crippen LogP contribution in [0, 0.1) is 0 Å². The van der Waals surface area contributed by atoms with E-state index in [0.717, 1.165) is 25.2 Å². The predicted molar refractivity (Wildman–Crippen MR) is 63.9 cm³/mol. The molecule has 0 saturated carbocycles. The lowest BCUT2D eigenvalue weighted by Gasteiger charge is -2.27. The number of allylic oxidation sites excluding steroid dienone is 1. The Morgan fingerprint density at radius 3 is 3.07 bits per heavy atom. The Morgan fingerprint density at radius 1 is 1.67 bits per heavy atom. The minimum Gasteiger partial charge on any atom is -0.388 e. The second-order valence-corrected chi connectivity index (χ2v) is 4.54. The second-order valence-electron chi connectivity index (χ2n) is 4.54. The maximum Gasteiger partial charge on any atom is 0.0869 e. The maximum absolute atomic E-state index is 10.0. The average Bonchev–Trinajstić information content (AvgIpc) is 2.26. The van der Waals surface area contributed by atoms with Gasteiger partial charge in [-0.25, -0.2) is 0 Å². The van der Waals surface area contributed by atoms with Crippen molar-refractivity contribution >= 4 is 0 Å². The van der Waals surface area contributed by atoms with Crippen LogP contribution < -0.4 is 5.32 Å². The first-order valence-electron chi connectivity index (χ1n) is 5.49. The summed E-state index contributed by atoms with van der Waals surface area (Å²) in [6, 6.07) is 0. The molecular formula is C12H22N2O. The third kappa shape index (κ3) is 4.60. The van der Waals surface area contributed by atoms with Gasteiger partial charge in [-0.05, 0) is 19.4 Å². The molecule has 1 fully saturated rings. The lowest BCUT2D eigenvalue weighted by atomic mass is 10.1. The van der Waals surface area contributed by atoms with E-state index in [1.807, 2.05) is 26.0 Å². The summed E-state index contributed by atoms with van der Waals surface area (Å²) >= 11 is 0. The van der Waals surface area contributed by atoms with E-state index in [-0.39, 0.29) is 0 Å². The van der Waals surface area contributed by atoms with E-state index < -0.39 is 5.60 Å². The molecule has 15 heavy (non-hydrogen) atoms. The molecule has 0 aromatic rings. The molecule has 1 rings (SSSR count). The molecule has 1 aliphatic rings. The lowest BCUT2D eigenvalue weighted by Crippen LogP contribution is -2.43. The zero-order valence-corrected chi connectivity index (χ0v) is 9.79. The highest BCUT2D eigenvalue weighted by Gasteiger charge is 2.26. The topological polar surface area (TPSA) is 35.5 Å². The van der Waals surface area contributed by atoms with Crippen molar-refractivity contribution in [1.29, 1.82) is 0 Å². The molecule has 1 saturated heterocycles. The van der Waals surface area contributed by atoms with Crippen molar-refractivity contribution in [3.63, 3.8) is 0 Å². The maximum atomic E-state index is 10.0. The molecule has 0 aromatic heterocycles. The van der Waals surface area contributed by atoms with Crippen molar-refractivity contribution in [2.24, 2.45) is 0 Å². The Balaban J connectivity index is 2.50. The first-order valence-corrected chi connectivity index (χ1v) is 5.49. The van der Waals surface area contributed by atoms with Crippen LogP contribution in [-0.4, -0.2) is 48.3 Å². The molecule has 0 amide bonds. The molecule has 0 spiro atoms. The van der Waals surface area contributed by atoms with Crippen LogP contribution in [0.4, 0.5) is 0 Å². The van der Waals surface area contributed by atoms with E-state index >= 15 is 0 Å². The van der Waals surface area contributed by atoms with E-state index in [0.29, 0.717) is 13.1 Å². The van der Waals surface area contributed by atoms with Gasteiger partial charge in [0.2, 0.25) is 0 Å². The van der Waals surface area contributed by atoms with Gasteiger partial charge in [0, 0.05) is 32.7 Å². The van der Waals surface area contributed by atoms with Crippen molar-refractivity contribution in [1.82, 2.24) is 10.2 Å². The molecule has 0 aromatic carbocycles. The molecule has 0 radical (unpaired) electrons. The molecular weight excluding hydrogens is 188 g/mol. The Morgan fingerprint density at radius 2 is 2.40 bits per heavy atom. The molecule has 2 N–H and O–H groups in total. The van der Waals surface area contributed by atoms with Gasteiger partial charge in [-0.15, -0.1) is 0 Å². The quantitative estimate of drug-likeness (QED) is 0.676. The minimum atomic E-state index is -0.632. The number of nitrogens with zero attached hydrogens (tertiary/aromatic N) is 1. The zero-order chi connectivity index (χ0) is 11.3. The fourth-order valence-electron chi connectivity index (χ4n) is 1.92. The highest BCUT2D eigenvalue weighted by molar-refractivity contribution is 5.15. The Labute approximate surface area is 92.5 Å². The summed E-state index contributed by atoms with van der Waals surface area (Å²) in [6.07, 6.45) is 4.02. The normalized spacial score (nSPS) is 29.3. The number of aliphatic hydroxyl groups is 1. The largest absolute Gasteiger partial charge is 0.388 e. The molecule has 3 nitrogen and oxygen atoms in total. The van der Waals surface area contributed by atoms with E-state index in [4.69, 9.17) is 0 Å². The summed E-state index contributed by atoms with van der Waals surface area (Å²) in [5, 5.41) is 13.2. The molecule has 1 atom stereocenters. The van der Waals surface area contributed by atoms with Gasteiger partial charge in [0.1, 0.15) is 0 Å². The smallest absolute Gasteiger partial charge is 0.0869 e. The third-order valence-corrected chi connectivity index (χ3v) is 2.50. The molecule has 1 unspecified atom stereocenters. The van der Waals surface area contributed by atoms with Crippen LogP contribution in [-0.2, 0) is 0 Å². The molecule has 1 heterocycles. The van der Waals surface area contributed by atoms with Gasteiger partial charge < -0.3 is 10.4 Å². The van der Waals surface area contributed by atoms with Crippen molar-refractivity contribution in [3.8, 4) is 0 Å². The summed E-state index contributed by atoms with van der Waals surface area (Å²) in [7, 11) is 0. The second kappa shape index (κ2) is 5.45. The number of nitrogens with one attached hydrogen (secondary N) is 1. The first kappa shape index (κ1) is 12.4. The number of β-amino-alcohol motifs (C(OH)–C–C–N with tert-alkyl or cyclic N) is 1. The molecule has 86 valence electrons. The van der Waals surface area contributed by atoms with Crippen molar-refractivity contribution < 1.29 is 5.11 Å². The Bertz CT molecular complexity index is 246. The predicted octanol–water partition coefficient (Wildman–Crippen LogP) is 0.775. The zero-order valence-electron chi connectivity index (χ0n) is 9.79. The van der Waals surface area contributed by atoms with E-state index in [1.54, 1.807) is 0 Å². The standard InChI is InChI=1S/C12H22N2O/c1-4-5-11(2)8-14-7-6-13-9-12(3,15)10-14/h4-5,13,15H,2,6-10H2,1,3H3/b5-4-. The molecule has 0 bridgehead atoms. The monoisotopic (exact) mass is 210 g/mol. The van der Waals surface area contributed by atoms with Crippen molar-refractivity contribution in [2.75, 3.05) is 32.7 Å². The van der Waals surface area contributed by atoms with Crippen LogP contribution in [0.5, 0.6) is 0 Å². The summed E-state index contributed by atoms with van der Waals surface area (Å²) in [5.74, 6) is 0. The van der Waals surface area contributed by atoms with Crippen molar-refractivity contribution in [3.05, 3.63) is 24.3 Å². The number of hydrogen-bond donors (Lipinski definition) is 2. The molecule has 3 heteroatoms. The van der Waals surface area contributed by atoms with Gasteiger partial charge in [0.05, 0.1) is 5.60 Å². The van der Waals surface area contributed by atoms with Crippen LogP contribution in [0.15, 0.2) is 24.3 Å². The number of hydrogen-bond acceptors (Lipinski definition) is 3. The SMILES string of the molecule is C=C(/C=C\C)CN1CCNCC(C)(O)C1. The summed E-state index contributed by atoms with van der Waals surface area (Å²) in [6.45, 7) is 12.0. The van der Waals surface area contributed by atoms with Crippen LogP contribution in [0.2, 0.25) is 0 Å². The number of rotatable bonds is 3. The van der Waals surface area contributed by atoms with Crippen LogP contribution in [0.3, 0.4) is 0 Å². The van der Waals surface area contributed by atoms with Gasteiger partial charge in [-0.1, -0.05) is 18.7 Å². The Kier molecular flexibility index (Phi) is 4.51. The summed E-state index contributed by atoms with van der Waals surface area (Å²) in [5.41, 5.74) is 0.461. The van der Waals surface area contributed by atoms with E-state index in [1.165, 1.54) is 0 Å². The highest BCUT2D eigenvalue weighted by Crippen LogP contribution is 2.10. The fourth-order valence-corrected chi connectivity index (χ4v) is 1.92. The third-order valence-electron chi connectivity index (χ3n) is 2.50. The fraction of sp³-hybridized carbons (Fsp3) is 0.667. The summed E-state index contributed by atoms with van der Waals surface area (Å²) < 4.78 is 0. The Hall–Kier alpha value is -0.640. The molecule has 1 aliphatic heterocycles. The van der Waals surface area contributed by atoms with Gasteiger partial charge in [0.15, 0.2) is 0 Å². The molecule has 0 aliphatic carbocycles. The average molecular weight is 210 g/mol. The van der Waals surface area contributed by atoms with E-state index in [9.17, 15) is 5.11 Å².